The summed E-state index contributed by atoms with van der Waals surface area (Å²) in [5.74, 6) is 0.456. The number of benzene rings is 2. The van der Waals surface area contributed by atoms with Gasteiger partial charge in [0.2, 0.25) is 0 Å². The maximum atomic E-state index is 12.9. The Kier molecular flexibility index (Phi) is 9.58. The Labute approximate surface area is 206 Å². The second kappa shape index (κ2) is 12.8. The van der Waals surface area contributed by atoms with Gasteiger partial charge >= 0.3 is 11.9 Å². The van der Waals surface area contributed by atoms with Crippen LogP contribution >= 0.6 is 0 Å². The largest absolute Gasteiger partial charge is 0.494 e. The highest BCUT2D eigenvalue weighted by atomic mass is 16.6. The molecule has 3 aromatic rings. The number of rotatable bonds is 13. The molecular weight excluding hydrogens is 446 g/mol. The van der Waals surface area contributed by atoms with E-state index in [4.69, 9.17) is 18.9 Å². The molecule has 3 rings (SSSR count). The summed E-state index contributed by atoms with van der Waals surface area (Å²) in [7, 11) is 0. The summed E-state index contributed by atoms with van der Waals surface area (Å²) in [5, 5.41) is 0.695. The van der Waals surface area contributed by atoms with Gasteiger partial charge in [-0.05, 0) is 69.7 Å². The third-order valence-corrected chi connectivity index (χ3v) is 5.68. The summed E-state index contributed by atoms with van der Waals surface area (Å²) in [6.45, 7) is 8.82. The fourth-order valence-electron chi connectivity index (χ4n) is 4.04. The van der Waals surface area contributed by atoms with Gasteiger partial charge in [0, 0.05) is 16.8 Å². The fourth-order valence-corrected chi connectivity index (χ4v) is 4.04. The van der Waals surface area contributed by atoms with Gasteiger partial charge < -0.3 is 23.5 Å². The van der Waals surface area contributed by atoms with E-state index < -0.39 is 11.9 Å². The van der Waals surface area contributed by atoms with Crippen LogP contribution in [0.25, 0.3) is 16.6 Å². The number of aromatic nitrogens is 1. The molecule has 7 nitrogen and oxygen atoms in total. The van der Waals surface area contributed by atoms with Crippen LogP contribution in [0.15, 0.2) is 42.5 Å². The molecule has 0 fully saturated rings. The van der Waals surface area contributed by atoms with Crippen molar-refractivity contribution in [3.8, 4) is 17.2 Å². The SMILES string of the molecule is CCCCCCOC(=O)COc1ccc2c(c1)c(C(=O)OCC)c(C)n2-c1ccc(OCC)cc1. The number of esters is 2. The quantitative estimate of drug-likeness (QED) is 0.220. The van der Waals surface area contributed by atoms with E-state index in [1.54, 1.807) is 19.1 Å². The Morgan fingerprint density at radius 3 is 2.26 bits per heavy atom. The first-order valence-electron chi connectivity index (χ1n) is 12.3. The lowest BCUT2D eigenvalue weighted by Crippen LogP contribution is -2.15. The van der Waals surface area contributed by atoms with Crippen molar-refractivity contribution in [2.24, 2.45) is 0 Å². The monoisotopic (exact) mass is 481 g/mol. The first kappa shape index (κ1) is 26.1. The zero-order valence-corrected chi connectivity index (χ0v) is 21.1. The van der Waals surface area contributed by atoms with Gasteiger partial charge in [-0.25, -0.2) is 9.59 Å². The van der Waals surface area contributed by atoms with Crippen molar-refractivity contribution in [3.63, 3.8) is 0 Å². The van der Waals surface area contributed by atoms with Crippen molar-refractivity contribution in [1.29, 1.82) is 0 Å². The molecule has 0 unspecified atom stereocenters. The third-order valence-electron chi connectivity index (χ3n) is 5.68. The summed E-state index contributed by atoms with van der Waals surface area (Å²) in [6.07, 6.45) is 4.16. The van der Waals surface area contributed by atoms with Crippen LogP contribution in [0.2, 0.25) is 0 Å². The van der Waals surface area contributed by atoms with Gasteiger partial charge in [0.15, 0.2) is 6.61 Å². The average molecular weight is 482 g/mol. The highest BCUT2D eigenvalue weighted by Gasteiger charge is 2.22. The van der Waals surface area contributed by atoms with Crippen molar-refractivity contribution in [2.75, 3.05) is 26.4 Å². The van der Waals surface area contributed by atoms with Gasteiger partial charge in [-0.3, -0.25) is 0 Å². The summed E-state index contributed by atoms with van der Waals surface area (Å²) < 4.78 is 23.8. The van der Waals surface area contributed by atoms with Crippen molar-refractivity contribution < 1.29 is 28.5 Å². The molecule has 7 heteroatoms. The first-order chi connectivity index (χ1) is 17.0. The third kappa shape index (κ3) is 6.56. The summed E-state index contributed by atoms with van der Waals surface area (Å²) in [5.41, 5.74) is 2.96. The lowest BCUT2D eigenvalue weighted by molar-refractivity contribution is -0.146. The second-order valence-corrected chi connectivity index (χ2v) is 8.19. The number of hydrogen-bond acceptors (Lipinski definition) is 6. The zero-order chi connectivity index (χ0) is 25.2. The summed E-state index contributed by atoms with van der Waals surface area (Å²) in [6, 6.07) is 13.1. The lowest BCUT2D eigenvalue weighted by atomic mass is 10.1. The molecule has 0 saturated heterocycles. The molecule has 1 aromatic heterocycles. The highest BCUT2D eigenvalue weighted by molar-refractivity contribution is 6.07. The van der Waals surface area contributed by atoms with E-state index >= 15 is 0 Å². The topological polar surface area (TPSA) is 76.0 Å². The van der Waals surface area contributed by atoms with Crippen molar-refractivity contribution in [2.45, 2.75) is 53.4 Å². The van der Waals surface area contributed by atoms with Crippen molar-refractivity contribution in [3.05, 3.63) is 53.7 Å². The summed E-state index contributed by atoms with van der Waals surface area (Å²) in [4.78, 5) is 24.9. The van der Waals surface area contributed by atoms with Gasteiger partial charge in [0.1, 0.15) is 11.5 Å². The number of nitrogens with zero attached hydrogens (tertiary/aromatic N) is 1. The van der Waals surface area contributed by atoms with E-state index in [2.05, 4.69) is 6.92 Å². The Morgan fingerprint density at radius 2 is 1.57 bits per heavy atom. The van der Waals surface area contributed by atoms with Crippen LogP contribution in [0.1, 0.15) is 62.5 Å². The van der Waals surface area contributed by atoms with E-state index in [0.717, 1.165) is 48.3 Å². The van der Waals surface area contributed by atoms with Gasteiger partial charge in [-0.2, -0.15) is 0 Å². The van der Waals surface area contributed by atoms with Crippen LogP contribution in [-0.4, -0.2) is 42.9 Å². The van der Waals surface area contributed by atoms with Crippen LogP contribution in [0, 0.1) is 6.92 Å². The maximum absolute atomic E-state index is 12.9. The van der Waals surface area contributed by atoms with Crippen molar-refractivity contribution >= 4 is 22.8 Å². The Bertz CT molecular complexity index is 1130. The van der Waals surface area contributed by atoms with Crippen LogP contribution in [0.5, 0.6) is 11.5 Å². The zero-order valence-electron chi connectivity index (χ0n) is 21.1. The predicted octanol–water partition coefficient (Wildman–Crippen LogP) is 6.02. The fraction of sp³-hybridized carbons (Fsp3) is 0.429. The van der Waals surface area contributed by atoms with Crippen molar-refractivity contribution in [1.82, 2.24) is 4.57 Å². The first-order valence-corrected chi connectivity index (χ1v) is 12.3. The smallest absolute Gasteiger partial charge is 0.344 e. The number of ether oxygens (including phenoxy) is 4. The molecule has 35 heavy (non-hydrogen) atoms. The average Bonchev–Trinajstić information content (AvgIpc) is 3.14. The molecule has 0 aliphatic rings. The van der Waals surface area contributed by atoms with Crippen LogP contribution < -0.4 is 9.47 Å². The van der Waals surface area contributed by atoms with E-state index in [0.29, 0.717) is 29.9 Å². The van der Waals surface area contributed by atoms with E-state index in [9.17, 15) is 9.59 Å². The maximum Gasteiger partial charge on any atom is 0.344 e. The standard InChI is InChI=1S/C28H35NO6/c1-5-8-9-10-17-34-26(30)19-35-23-15-16-25-24(18-23)27(28(31)33-7-3)20(4)29(25)21-11-13-22(14-12-21)32-6-2/h11-16,18H,5-10,17,19H2,1-4H3. The minimum absolute atomic E-state index is 0.188. The number of carbonyl (C=O) groups is 2. The Morgan fingerprint density at radius 1 is 0.829 bits per heavy atom. The minimum Gasteiger partial charge on any atom is -0.494 e. The van der Waals surface area contributed by atoms with E-state index in [-0.39, 0.29) is 13.2 Å². The Hall–Kier alpha value is -3.48. The number of hydrogen-bond donors (Lipinski definition) is 0. The van der Waals surface area contributed by atoms with Crippen LogP contribution in [0.3, 0.4) is 0 Å². The lowest BCUT2D eigenvalue weighted by Gasteiger charge is -2.11. The second-order valence-electron chi connectivity index (χ2n) is 8.19. The Balaban J connectivity index is 1.85. The van der Waals surface area contributed by atoms with Crippen LogP contribution in [-0.2, 0) is 14.3 Å². The molecule has 0 radical (unpaired) electrons. The highest BCUT2D eigenvalue weighted by Crippen LogP contribution is 2.33. The molecule has 2 aromatic carbocycles. The number of fused-ring (bicyclic) bond motifs is 1. The molecule has 188 valence electrons. The van der Waals surface area contributed by atoms with Crippen LogP contribution in [0.4, 0.5) is 0 Å². The van der Waals surface area contributed by atoms with Gasteiger partial charge in [-0.15, -0.1) is 0 Å². The molecule has 0 atom stereocenters. The molecule has 0 bridgehead atoms. The molecule has 1 heterocycles. The molecule has 0 N–H and O–H groups in total. The molecule has 0 amide bonds. The van der Waals surface area contributed by atoms with Gasteiger partial charge in [0.25, 0.3) is 0 Å². The molecule has 0 spiro atoms. The summed E-state index contributed by atoms with van der Waals surface area (Å²) >= 11 is 0. The molecule has 0 aliphatic carbocycles. The van der Waals surface area contributed by atoms with Gasteiger partial charge in [0.05, 0.1) is 30.9 Å². The molecule has 0 aliphatic heterocycles. The normalized spacial score (nSPS) is 10.9. The predicted molar refractivity (Wildman–Crippen MR) is 136 cm³/mol. The minimum atomic E-state index is -0.407. The van der Waals surface area contributed by atoms with E-state index in [1.165, 1.54) is 0 Å². The van der Waals surface area contributed by atoms with Gasteiger partial charge in [-0.1, -0.05) is 26.2 Å². The number of carbonyl (C=O) groups excluding carboxylic acids is 2. The molecule has 0 saturated carbocycles. The molecular formula is C28H35NO6. The number of unbranched alkanes of at least 4 members (excludes halogenated alkanes) is 3. The van der Waals surface area contributed by atoms with E-state index in [1.807, 2.05) is 48.7 Å².